The minimum atomic E-state index is -0.398. The highest BCUT2D eigenvalue weighted by molar-refractivity contribution is 5.70. The van der Waals surface area contributed by atoms with E-state index in [1.807, 2.05) is 30.3 Å². The van der Waals surface area contributed by atoms with Crippen molar-refractivity contribution in [1.29, 1.82) is 0 Å². The van der Waals surface area contributed by atoms with Crippen molar-refractivity contribution in [3.05, 3.63) is 66.0 Å². The minimum Gasteiger partial charge on any atom is -0.437 e. The summed E-state index contributed by atoms with van der Waals surface area (Å²) in [5.74, 6) is 0.499. The smallest absolute Gasteiger partial charge is 0.435 e. The van der Waals surface area contributed by atoms with Crippen LogP contribution in [-0.2, 0) is 16.0 Å². The van der Waals surface area contributed by atoms with Gasteiger partial charge in [-0.2, -0.15) is 5.06 Å². The Morgan fingerprint density at radius 1 is 1.11 bits per heavy atom. The van der Waals surface area contributed by atoms with E-state index in [0.29, 0.717) is 12.3 Å². The molecule has 2 heterocycles. The number of hydrogen-bond donors (Lipinski definition) is 0. The zero-order valence-corrected chi connectivity index (χ0v) is 16.4. The number of amides is 1. The first-order valence-electron chi connectivity index (χ1n) is 10.3. The summed E-state index contributed by atoms with van der Waals surface area (Å²) in [7, 11) is 0. The first kappa shape index (κ1) is 18.9. The number of hydroxylamine groups is 2. The van der Waals surface area contributed by atoms with E-state index >= 15 is 0 Å². The predicted molar refractivity (Wildman–Crippen MR) is 106 cm³/mol. The molecule has 1 aromatic carbocycles. The van der Waals surface area contributed by atoms with Crippen LogP contribution in [0.1, 0.15) is 56.3 Å². The van der Waals surface area contributed by atoms with Crippen LogP contribution in [0.2, 0.25) is 0 Å². The van der Waals surface area contributed by atoms with Gasteiger partial charge in [-0.05, 0) is 55.4 Å². The molecule has 0 spiro atoms. The van der Waals surface area contributed by atoms with E-state index in [0.717, 1.165) is 11.1 Å². The number of aromatic nitrogens is 1. The van der Waals surface area contributed by atoms with E-state index in [1.54, 1.807) is 12.4 Å². The maximum Gasteiger partial charge on any atom is 0.435 e. The molecule has 148 valence electrons. The summed E-state index contributed by atoms with van der Waals surface area (Å²) in [5.41, 5.74) is 2.10. The van der Waals surface area contributed by atoms with Crippen LogP contribution in [0.5, 0.6) is 0 Å². The number of ether oxygens (including phenoxy) is 1. The summed E-state index contributed by atoms with van der Waals surface area (Å²) in [5, 5.41) is 1.50. The highest BCUT2D eigenvalue weighted by Crippen LogP contribution is 2.36. The molecule has 1 saturated carbocycles. The summed E-state index contributed by atoms with van der Waals surface area (Å²) >= 11 is 0. The molecule has 0 bridgehead atoms. The molecule has 1 aliphatic heterocycles. The van der Waals surface area contributed by atoms with Gasteiger partial charge in [-0.3, -0.25) is 9.82 Å². The molecular formula is C23H28N2O3. The zero-order chi connectivity index (χ0) is 19.3. The molecule has 3 atom stereocenters. The van der Waals surface area contributed by atoms with E-state index in [4.69, 9.17) is 9.57 Å². The molecular weight excluding hydrogens is 352 g/mol. The SMILES string of the molecule is CC(ON1C(=O)OC(c2ccncc2)C1Cc1ccccc1)C1CCCCC1. The van der Waals surface area contributed by atoms with Crippen LogP contribution in [0.15, 0.2) is 54.9 Å². The molecule has 0 N–H and O–H groups in total. The summed E-state index contributed by atoms with van der Waals surface area (Å²) < 4.78 is 5.77. The van der Waals surface area contributed by atoms with Crippen molar-refractivity contribution in [3.8, 4) is 0 Å². The maximum absolute atomic E-state index is 12.7. The summed E-state index contributed by atoms with van der Waals surface area (Å²) in [6, 6.07) is 13.8. The van der Waals surface area contributed by atoms with Gasteiger partial charge in [0, 0.05) is 12.4 Å². The lowest BCUT2D eigenvalue weighted by molar-refractivity contribution is -0.186. The fourth-order valence-electron chi connectivity index (χ4n) is 4.38. The molecule has 1 saturated heterocycles. The van der Waals surface area contributed by atoms with Gasteiger partial charge >= 0.3 is 6.09 Å². The maximum atomic E-state index is 12.7. The van der Waals surface area contributed by atoms with E-state index in [1.165, 1.54) is 37.2 Å². The van der Waals surface area contributed by atoms with E-state index in [9.17, 15) is 4.79 Å². The second-order valence-electron chi connectivity index (χ2n) is 7.88. The van der Waals surface area contributed by atoms with E-state index in [2.05, 4.69) is 24.0 Å². The van der Waals surface area contributed by atoms with Gasteiger partial charge in [0.1, 0.15) is 6.04 Å². The quantitative estimate of drug-likeness (QED) is 0.701. The Hall–Kier alpha value is -2.40. The molecule has 0 radical (unpaired) electrons. The third-order valence-corrected chi connectivity index (χ3v) is 5.97. The van der Waals surface area contributed by atoms with Crippen molar-refractivity contribution in [2.24, 2.45) is 5.92 Å². The molecule has 28 heavy (non-hydrogen) atoms. The van der Waals surface area contributed by atoms with Crippen LogP contribution in [-0.4, -0.2) is 28.3 Å². The first-order chi connectivity index (χ1) is 13.7. The highest BCUT2D eigenvalue weighted by Gasteiger charge is 2.45. The average molecular weight is 380 g/mol. The standard InChI is InChI=1S/C23H28N2O3/c1-17(19-10-6-3-7-11-19)28-25-21(16-18-8-4-2-5-9-18)22(27-23(25)26)20-12-14-24-15-13-20/h2,4-5,8-9,12-15,17,19,21-22H,3,6-7,10-11,16H2,1H3. The van der Waals surface area contributed by atoms with Crippen molar-refractivity contribution in [2.75, 3.05) is 0 Å². The fourth-order valence-corrected chi connectivity index (χ4v) is 4.38. The van der Waals surface area contributed by atoms with Crippen LogP contribution in [0.25, 0.3) is 0 Å². The Bertz CT molecular complexity index is 762. The van der Waals surface area contributed by atoms with Crippen molar-refractivity contribution in [3.63, 3.8) is 0 Å². The molecule has 5 heteroatoms. The first-order valence-corrected chi connectivity index (χ1v) is 10.3. The van der Waals surface area contributed by atoms with Crippen LogP contribution < -0.4 is 0 Å². The van der Waals surface area contributed by atoms with Gasteiger partial charge in [0.2, 0.25) is 0 Å². The van der Waals surface area contributed by atoms with Gasteiger partial charge in [0.15, 0.2) is 6.10 Å². The van der Waals surface area contributed by atoms with E-state index in [-0.39, 0.29) is 18.2 Å². The zero-order valence-electron chi connectivity index (χ0n) is 16.4. The number of hydrogen-bond acceptors (Lipinski definition) is 4. The van der Waals surface area contributed by atoms with Crippen molar-refractivity contribution in [2.45, 2.75) is 63.7 Å². The van der Waals surface area contributed by atoms with Crippen LogP contribution >= 0.6 is 0 Å². The van der Waals surface area contributed by atoms with Crippen molar-refractivity contribution < 1.29 is 14.4 Å². The predicted octanol–water partition coefficient (Wildman–Crippen LogP) is 5.09. The largest absolute Gasteiger partial charge is 0.437 e. The number of pyridine rings is 1. The normalized spacial score (nSPS) is 24.2. The number of carbonyl (C=O) groups is 1. The summed E-state index contributed by atoms with van der Waals surface area (Å²) in [4.78, 5) is 23.1. The molecule has 3 unspecified atom stereocenters. The molecule has 1 amide bonds. The lowest BCUT2D eigenvalue weighted by atomic mass is 9.86. The van der Waals surface area contributed by atoms with Crippen molar-refractivity contribution >= 4 is 6.09 Å². The fraction of sp³-hybridized carbons (Fsp3) is 0.478. The second-order valence-corrected chi connectivity index (χ2v) is 7.88. The molecule has 2 fully saturated rings. The lowest BCUT2D eigenvalue weighted by Gasteiger charge is -2.32. The van der Waals surface area contributed by atoms with Crippen LogP contribution in [0.3, 0.4) is 0 Å². The number of benzene rings is 1. The molecule has 4 rings (SSSR count). The third-order valence-electron chi connectivity index (χ3n) is 5.97. The molecule has 2 aromatic rings. The van der Waals surface area contributed by atoms with Gasteiger partial charge in [-0.1, -0.05) is 49.6 Å². The lowest BCUT2D eigenvalue weighted by Crippen LogP contribution is -2.40. The summed E-state index contributed by atoms with van der Waals surface area (Å²) in [6.45, 7) is 2.09. The van der Waals surface area contributed by atoms with Gasteiger partial charge in [-0.25, -0.2) is 4.79 Å². The van der Waals surface area contributed by atoms with Gasteiger partial charge < -0.3 is 4.74 Å². The van der Waals surface area contributed by atoms with Crippen LogP contribution in [0, 0.1) is 5.92 Å². The van der Waals surface area contributed by atoms with Crippen LogP contribution in [0.4, 0.5) is 4.79 Å². The van der Waals surface area contributed by atoms with E-state index < -0.39 is 6.09 Å². The number of nitrogens with zero attached hydrogens (tertiary/aromatic N) is 2. The second kappa shape index (κ2) is 8.74. The molecule has 2 aliphatic rings. The van der Waals surface area contributed by atoms with Gasteiger partial charge in [-0.15, -0.1) is 0 Å². The highest BCUT2D eigenvalue weighted by atomic mass is 16.8. The third kappa shape index (κ3) is 4.20. The molecule has 1 aliphatic carbocycles. The number of carbonyl (C=O) groups excluding carboxylic acids is 1. The Kier molecular flexibility index (Phi) is 5.91. The minimum absolute atomic E-state index is 0.00214. The Labute approximate surface area is 166 Å². The average Bonchev–Trinajstić information content (AvgIpc) is 3.05. The van der Waals surface area contributed by atoms with Crippen molar-refractivity contribution in [1.82, 2.24) is 10.0 Å². The number of rotatable bonds is 6. The Morgan fingerprint density at radius 2 is 1.82 bits per heavy atom. The summed E-state index contributed by atoms with van der Waals surface area (Å²) in [6.07, 6.45) is 9.51. The molecule has 5 nitrogen and oxygen atoms in total. The topological polar surface area (TPSA) is 51.7 Å². The molecule has 1 aromatic heterocycles. The van der Waals surface area contributed by atoms with Gasteiger partial charge in [0.05, 0.1) is 6.10 Å². The van der Waals surface area contributed by atoms with Gasteiger partial charge in [0.25, 0.3) is 0 Å². The monoisotopic (exact) mass is 380 g/mol. The Morgan fingerprint density at radius 3 is 2.54 bits per heavy atom. The Balaban J connectivity index is 1.56. The number of cyclic esters (lactones) is 1.